The summed E-state index contributed by atoms with van der Waals surface area (Å²) in [5, 5.41) is 9.41. The summed E-state index contributed by atoms with van der Waals surface area (Å²) in [5.41, 5.74) is -0.322. The standard InChI is InChI=1S/C12H22O2/c1-3-11-8-6-5-7-9-12(4-2,10-13)14-11/h5,7,11,13H,3-4,6,8-10H2,1-2H3/b7-5-. The van der Waals surface area contributed by atoms with Gasteiger partial charge in [-0.25, -0.2) is 0 Å². The van der Waals surface area contributed by atoms with Crippen molar-refractivity contribution in [1.82, 2.24) is 0 Å². The summed E-state index contributed by atoms with van der Waals surface area (Å²) in [6.45, 7) is 4.36. The highest BCUT2D eigenvalue weighted by Gasteiger charge is 2.30. The van der Waals surface area contributed by atoms with Crippen molar-refractivity contribution in [3.05, 3.63) is 12.2 Å². The van der Waals surface area contributed by atoms with Crippen molar-refractivity contribution in [1.29, 1.82) is 0 Å². The summed E-state index contributed by atoms with van der Waals surface area (Å²) < 4.78 is 6.03. The molecule has 0 radical (unpaired) electrons. The quantitative estimate of drug-likeness (QED) is 0.706. The Morgan fingerprint density at radius 3 is 2.79 bits per heavy atom. The third-order valence-corrected chi connectivity index (χ3v) is 3.12. The predicted octanol–water partition coefficient (Wildman–Crippen LogP) is 2.66. The van der Waals surface area contributed by atoms with Gasteiger partial charge in [-0.05, 0) is 32.1 Å². The molecule has 0 aromatic rings. The average molecular weight is 198 g/mol. The van der Waals surface area contributed by atoms with Crippen molar-refractivity contribution in [3.8, 4) is 0 Å². The molecular formula is C12H22O2. The molecule has 0 aromatic carbocycles. The minimum absolute atomic E-state index is 0.129. The highest BCUT2D eigenvalue weighted by atomic mass is 16.5. The van der Waals surface area contributed by atoms with Crippen molar-refractivity contribution in [2.45, 2.75) is 57.7 Å². The third kappa shape index (κ3) is 2.82. The number of aliphatic hydroxyl groups excluding tert-OH is 1. The number of rotatable bonds is 3. The van der Waals surface area contributed by atoms with Crippen molar-refractivity contribution in [3.63, 3.8) is 0 Å². The molecule has 1 rings (SSSR count). The molecule has 2 unspecified atom stereocenters. The average Bonchev–Trinajstić information content (AvgIpc) is 2.19. The summed E-state index contributed by atoms with van der Waals surface area (Å²) in [4.78, 5) is 0. The molecule has 2 nitrogen and oxygen atoms in total. The first kappa shape index (κ1) is 11.7. The third-order valence-electron chi connectivity index (χ3n) is 3.12. The number of allylic oxidation sites excluding steroid dienone is 1. The van der Waals surface area contributed by atoms with E-state index in [2.05, 4.69) is 26.0 Å². The van der Waals surface area contributed by atoms with Gasteiger partial charge in [-0.2, -0.15) is 0 Å². The maximum Gasteiger partial charge on any atom is 0.0947 e. The lowest BCUT2D eigenvalue weighted by atomic mass is 9.94. The van der Waals surface area contributed by atoms with Gasteiger partial charge in [0.25, 0.3) is 0 Å². The van der Waals surface area contributed by atoms with Crippen molar-refractivity contribution in [2.75, 3.05) is 6.61 Å². The zero-order valence-corrected chi connectivity index (χ0v) is 9.33. The molecule has 1 aliphatic heterocycles. The zero-order valence-electron chi connectivity index (χ0n) is 9.33. The Morgan fingerprint density at radius 2 is 2.21 bits per heavy atom. The van der Waals surface area contributed by atoms with Crippen LogP contribution in [0.4, 0.5) is 0 Å². The van der Waals surface area contributed by atoms with Crippen LogP contribution in [0.1, 0.15) is 46.0 Å². The van der Waals surface area contributed by atoms with E-state index in [0.29, 0.717) is 6.10 Å². The summed E-state index contributed by atoms with van der Waals surface area (Å²) in [7, 11) is 0. The van der Waals surface area contributed by atoms with Crippen LogP contribution < -0.4 is 0 Å². The van der Waals surface area contributed by atoms with Crippen LogP contribution in [0.3, 0.4) is 0 Å². The first-order chi connectivity index (χ1) is 6.76. The Morgan fingerprint density at radius 1 is 1.43 bits per heavy atom. The number of hydrogen-bond donors (Lipinski definition) is 1. The van der Waals surface area contributed by atoms with Gasteiger partial charge < -0.3 is 9.84 Å². The smallest absolute Gasteiger partial charge is 0.0947 e. The zero-order chi connectivity index (χ0) is 10.4. The molecule has 0 fully saturated rings. The van der Waals surface area contributed by atoms with E-state index in [0.717, 1.165) is 32.1 Å². The van der Waals surface area contributed by atoms with Crippen LogP contribution in [-0.2, 0) is 4.74 Å². The van der Waals surface area contributed by atoms with Gasteiger partial charge in [0.05, 0.1) is 18.3 Å². The van der Waals surface area contributed by atoms with Gasteiger partial charge >= 0.3 is 0 Å². The second-order valence-corrected chi connectivity index (χ2v) is 4.10. The van der Waals surface area contributed by atoms with Gasteiger partial charge in [0.1, 0.15) is 0 Å². The first-order valence-electron chi connectivity index (χ1n) is 5.70. The molecule has 1 heterocycles. The summed E-state index contributed by atoms with van der Waals surface area (Å²) in [6.07, 6.45) is 9.61. The van der Waals surface area contributed by atoms with Crippen LogP contribution >= 0.6 is 0 Å². The first-order valence-corrected chi connectivity index (χ1v) is 5.70. The Kier molecular flexibility index (Phi) is 4.63. The molecule has 14 heavy (non-hydrogen) atoms. The van der Waals surface area contributed by atoms with E-state index in [4.69, 9.17) is 4.74 Å². The predicted molar refractivity (Wildman–Crippen MR) is 58.3 cm³/mol. The van der Waals surface area contributed by atoms with Crippen molar-refractivity contribution >= 4 is 0 Å². The Hall–Kier alpha value is -0.340. The molecule has 0 bridgehead atoms. The van der Waals surface area contributed by atoms with Crippen LogP contribution in [0.2, 0.25) is 0 Å². The second-order valence-electron chi connectivity index (χ2n) is 4.10. The van der Waals surface area contributed by atoms with Crippen LogP contribution in [0, 0.1) is 0 Å². The van der Waals surface area contributed by atoms with Gasteiger partial charge in [-0.15, -0.1) is 0 Å². The maximum absolute atomic E-state index is 9.41. The van der Waals surface area contributed by atoms with E-state index in [1.54, 1.807) is 0 Å². The Labute approximate surface area is 87.0 Å². The van der Waals surface area contributed by atoms with E-state index in [1.807, 2.05) is 0 Å². The summed E-state index contributed by atoms with van der Waals surface area (Å²) in [6, 6.07) is 0. The molecule has 2 heteroatoms. The molecular weight excluding hydrogens is 176 g/mol. The van der Waals surface area contributed by atoms with Crippen molar-refractivity contribution < 1.29 is 9.84 Å². The molecule has 1 aliphatic rings. The molecule has 0 saturated heterocycles. The fourth-order valence-electron chi connectivity index (χ4n) is 1.89. The molecule has 0 spiro atoms. The van der Waals surface area contributed by atoms with Crippen molar-refractivity contribution in [2.24, 2.45) is 0 Å². The van der Waals surface area contributed by atoms with Gasteiger partial charge in [-0.3, -0.25) is 0 Å². The van der Waals surface area contributed by atoms with E-state index < -0.39 is 0 Å². The van der Waals surface area contributed by atoms with Gasteiger partial charge in [-0.1, -0.05) is 26.0 Å². The molecule has 1 N–H and O–H groups in total. The second kappa shape index (κ2) is 5.52. The maximum atomic E-state index is 9.41. The normalized spacial score (nSPS) is 36.1. The molecule has 0 amide bonds. The largest absolute Gasteiger partial charge is 0.393 e. The Bertz CT molecular complexity index is 183. The SMILES string of the molecule is CCC1CC/C=C\CC(CC)(CO)O1. The van der Waals surface area contributed by atoms with E-state index in [-0.39, 0.29) is 12.2 Å². The molecule has 2 atom stereocenters. The van der Waals surface area contributed by atoms with Crippen LogP contribution in [0.25, 0.3) is 0 Å². The minimum Gasteiger partial charge on any atom is -0.393 e. The van der Waals surface area contributed by atoms with Crippen LogP contribution in [-0.4, -0.2) is 23.4 Å². The summed E-state index contributed by atoms with van der Waals surface area (Å²) in [5.74, 6) is 0. The van der Waals surface area contributed by atoms with Gasteiger partial charge in [0, 0.05) is 0 Å². The molecule has 0 aliphatic carbocycles. The highest BCUT2D eigenvalue weighted by molar-refractivity contribution is 4.95. The van der Waals surface area contributed by atoms with E-state index in [9.17, 15) is 5.11 Å². The highest BCUT2D eigenvalue weighted by Crippen LogP contribution is 2.27. The fraction of sp³-hybridized carbons (Fsp3) is 0.833. The minimum atomic E-state index is -0.322. The van der Waals surface area contributed by atoms with Gasteiger partial charge in [0.2, 0.25) is 0 Å². The van der Waals surface area contributed by atoms with Crippen LogP contribution in [0.5, 0.6) is 0 Å². The topological polar surface area (TPSA) is 29.5 Å². The van der Waals surface area contributed by atoms with Crippen LogP contribution in [0.15, 0.2) is 12.2 Å². The monoisotopic (exact) mass is 198 g/mol. The lowest BCUT2D eigenvalue weighted by Gasteiger charge is -2.35. The lowest BCUT2D eigenvalue weighted by Crippen LogP contribution is -2.40. The fourth-order valence-corrected chi connectivity index (χ4v) is 1.89. The number of ether oxygens (including phenoxy) is 1. The lowest BCUT2D eigenvalue weighted by molar-refractivity contribution is -0.124. The van der Waals surface area contributed by atoms with Gasteiger partial charge in [0.15, 0.2) is 0 Å². The van der Waals surface area contributed by atoms with E-state index >= 15 is 0 Å². The summed E-state index contributed by atoms with van der Waals surface area (Å²) >= 11 is 0. The molecule has 82 valence electrons. The molecule has 0 aromatic heterocycles. The Balaban J connectivity index is 2.70. The van der Waals surface area contributed by atoms with E-state index in [1.165, 1.54) is 0 Å². The number of aliphatic hydroxyl groups is 1. The molecule has 0 saturated carbocycles. The number of hydrogen-bond acceptors (Lipinski definition) is 2.